The van der Waals surface area contributed by atoms with Gasteiger partial charge in [-0.15, -0.1) is 0 Å². The Morgan fingerprint density at radius 2 is 1.58 bits per heavy atom. The summed E-state index contributed by atoms with van der Waals surface area (Å²) in [7, 11) is 1.47. The van der Waals surface area contributed by atoms with Crippen molar-refractivity contribution in [2.75, 3.05) is 39.9 Å². The molecule has 69 heavy (non-hydrogen) atoms. The minimum absolute atomic E-state index is 0.0320. The third-order valence-electron chi connectivity index (χ3n) is 12.3. The Kier molecular flexibility index (Phi) is 18.0. The van der Waals surface area contributed by atoms with Crippen molar-refractivity contribution >= 4 is 34.9 Å². The van der Waals surface area contributed by atoms with Crippen molar-refractivity contribution in [3.63, 3.8) is 0 Å². The first-order valence-electron chi connectivity index (χ1n) is 23.2. The van der Waals surface area contributed by atoms with Crippen molar-refractivity contribution in [1.82, 2.24) is 15.2 Å². The number of likely N-dealkylation sites (N-methyl/N-ethyl adjacent to an activating group) is 1. The van der Waals surface area contributed by atoms with Crippen LogP contribution in [0.1, 0.15) is 104 Å². The minimum atomic E-state index is -1.29. The van der Waals surface area contributed by atoms with Crippen molar-refractivity contribution in [1.29, 1.82) is 5.26 Å². The number of benzene rings is 3. The van der Waals surface area contributed by atoms with Gasteiger partial charge in [0.15, 0.2) is 17.3 Å². The first kappa shape index (κ1) is 53.1. The van der Waals surface area contributed by atoms with Crippen LogP contribution in [-0.2, 0) is 31.0 Å². The molecule has 0 radical (unpaired) electrons. The van der Waals surface area contributed by atoms with Crippen molar-refractivity contribution in [3.05, 3.63) is 104 Å². The number of hydrogen-bond acceptors (Lipinski definition) is 14. The lowest BCUT2D eigenvalue weighted by Crippen LogP contribution is -2.46. The van der Waals surface area contributed by atoms with E-state index in [-0.39, 0.29) is 93.8 Å². The number of ketones is 3. The van der Waals surface area contributed by atoms with Gasteiger partial charge in [-0.2, -0.15) is 5.26 Å². The molecule has 0 saturated carbocycles. The number of nitrogens with zero attached hydrogens (tertiary/aromatic N) is 4. The number of hydrogen-bond donors (Lipinski definition) is 4. The molecular weight excluding hydrogens is 881 g/mol. The maximum Gasteiger partial charge on any atom is 0.279 e. The lowest BCUT2D eigenvalue weighted by Gasteiger charge is -2.32. The number of carbonyl (C=O) groups excluding carboxylic acids is 5. The van der Waals surface area contributed by atoms with E-state index in [0.29, 0.717) is 56.3 Å². The zero-order valence-corrected chi connectivity index (χ0v) is 40.6. The molecule has 7 N–H and O–H groups in total. The number of amides is 2. The number of nitro groups is 1. The summed E-state index contributed by atoms with van der Waals surface area (Å²) in [5.41, 5.74) is 21.9. The molecule has 2 amide bonds. The molecule has 4 bridgehead atoms. The topological polar surface area (TPSA) is 277 Å². The van der Waals surface area contributed by atoms with E-state index >= 15 is 0 Å². The molecule has 4 aromatic rings. The fourth-order valence-corrected chi connectivity index (χ4v) is 8.72. The van der Waals surface area contributed by atoms with Gasteiger partial charge in [0.1, 0.15) is 30.8 Å². The maximum atomic E-state index is 14.9. The highest BCUT2D eigenvalue weighted by Gasteiger charge is 2.37. The van der Waals surface area contributed by atoms with Gasteiger partial charge < -0.3 is 36.9 Å². The van der Waals surface area contributed by atoms with Gasteiger partial charge in [-0.1, -0.05) is 45.9 Å². The van der Waals surface area contributed by atoms with Gasteiger partial charge in [0.25, 0.3) is 5.69 Å². The minimum Gasteiger partial charge on any atom is -0.492 e. The third kappa shape index (κ3) is 12.8. The summed E-state index contributed by atoms with van der Waals surface area (Å²) in [6.07, 6.45) is -0.622. The van der Waals surface area contributed by atoms with Gasteiger partial charge in [-0.05, 0) is 97.3 Å². The predicted molar refractivity (Wildman–Crippen MR) is 261 cm³/mol. The standard InChI is InChI=1S/C52H64N8O9/c1-30-23-40(37-13-12-36(52(4,5)6)29-42(37)60(66)67)57-32(3)48(30)44(62)28-35(16-18-54)51(65)59(7)49-34-11-15-47(69-22-20-56)39(27-34)38-25-33(10-14-46(38)68-21-19-55)26-41(43(61)9-8-17-53)58-50(64)31(2)24-45(49)63/h10-15,23,25,27,29,31,35,41,49H,8-9,16,18-22,24,26,28,54-56H2,1-7H3,(H,58,64)/t31-,35-,41+,49+/m1/s1. The number of rotatable bonds is 18. The Balaban J connectivity index is 1.58. The monoisotopic (exact) mass is 944 g/mol. The second-order valence-corrected chi connectivity index (χ2v) is 18.6. The van der Waals surface area contributed by atoms with E-state index in [2.05, 4.69) is 10.3 Å². The summed E-state index contributed by atoms with van der Waals surface area (Å²) in [6.45, 7) is 11.5. The summed E-state index contributed by atoms with van der Waals surface area (Å²) in [4.78, 5) is 89.1. The van der Waals surface area contributed by atoms with Crippen molar-refractivity contribution in [2.45, 2.75) is 97.6 Å². The van der Waals surface area contributed by atoms with E-state index in [1.54, 1.807) is 75.4 Å². The molecule has 1 aromatic heterocycles. The Morgan fingerprint density at radius 3 is 2.17 bits per heavy atom. The molecule has 0 saturated heterocycles. The van der Waals surface area contributed by atoms with E-state index in [9.17, 15) is 39.3 Å². The molecule has 3 aromatic carbocycles. The number of aryl methyl sites for hydroxylation is 2. The number of nitrogens with two attached hydrogens (primary N) is 3. The van der Waals surface area contributed by atoms with Crippen LogP contribution >= 0.6 is 0 Å². The van der Waals surface area contributed by atoms with E-state index in [1.807, 2.05) is 32.9 Å². The van der Waals surface area contributed by atoms with Crippen LogP contribution in [0.25, 0.3) is 22.4 Å². The van der Waals surface area contributed by atoms with Crippen molar-refractivity contribution in [2.24, 2.45) is 29.0 Å². The molecule has 1 aliphatic heterocycles. The Morgan fingerprint density at radius 1 is 0.928 bits per heavy atom. The molecule has 0 spiro atoms. The van der Waals surface area contributed by atoms with Gasteiger partial charge in [-0.25, -0.2) is 0 Å². The summed E-state index contributed by atoms with van der Waals surface area (Å²) >= 11 is 0. The summed E-state index contributed by atoms with van der Waals surface area (Å²) in [5.74, 6) is -3.53. The van der Waals surface area contributed by atoms with Gasteiger partial charge in [-0.3, -0.25) is 39.1 Å². The fourth-order valence-electron chi connectivity index (χ4n) is 8.72. The van der Waals surface area contributed by atoms with E-state index in [4.69, 9.17) is 26.7 Å². The SMILES string of the molecule is Cc1cc(-c2ccc(C(C)(C)C)cc2[N+](=O)[O-])nc(C)c1C(=O)C[C@@H](CCN)C(=O)N(C)[C@@H]1C(=O)C[C@@H](C)C(=O)N[C@H](C(=O)CCC#N)Cc2ccc(OCCN)c(c2)-c2cc1ccc2OCCN. The average molecular weight is 945 g/mol. The number of nitrogens with one attached hydrogen (secondary N) is 1. The highest BCUT2D eigenvalue weighted by Crippen LogP contribution is 2.41. The molecule has 366 valence electrons. The molecule has 2 heterocycles. The number of fused-ring (bicyclic) bond motifs is 5. The number of pyridine rings is 1. The van der Waals surface area contributed by atoms with Gasteiger partial charge in [0, 0.05) is 86.1 Å². The first-order valence-corrected chi connectivity index (χ1v) is 23.2. The van der Waals surface area contributed by atoms with Crippen LogP contribution in [0.15, 0.2) is 60.7 Å². The largest absolute Gasteiger partial charge is 0.492 e. The predicted octanol–water partition coefficient (Wildman–Crippen LogP) is 6.16. The molecule has 1 aliphatic rings. The smallest absolute Gasteiger partial charge is 0.279 e. The lowest BCUT2D eigenvalue weighted by molar-refractivity contribution is -0.384. The van der Waals surface area contributed by atoms with Crippen LogP contribution in [0.4, 0.5) is 5.69 Å². The first-order chi connectivity index (χ1) is 32.7. The molecule has 17 heteroatoms. The van der Waals surface area contributed by atoms with Crippen LogP contribution in [-0.4, -0.2) is 89.9 Å². The lowest BCUT2D eigenvalue weighted by atomic mass is 9.85. The number of aromatic nitrogens is 1. The fraction of sp³-hybridized carbons (Fsp3) is 0.442. The Labute approximate surface area is 403 Å². The van der Waals surface area contributed by atoms with Gasteiger partial charge in [0.2, 0.25) is 11.8 Å². The molecular formula is C52H64N8O9. The number of carbonyl (C=O) groups is 5. The number of ether oxygens (including phenoxy) is 2. The highest BCUT2D eigenvalue weighted by atomic mass is 16.6. The van der Waals surface area contributed by atoms with Gasteiger partial charge in [0.05, 0.1) is 28.3 Å². The average Bonchev–Trinajstić information content (AvgIpc) is 3.30. The van der Waals surface area contributed by atoms with Crippen LogP contribution in [0.2, 0.25) is 0 Å². The number of nitro benzene ring substituents is 1. The summed E-state index contributed by atoms with van der Waals surface area (Å²) in [6, 6.07) is 16.7. The van der Waals surface area contributed by atoms with Crippen molar-refractivity contribution < 1.29 is 38.4 Å². The Bertz CT molecular complexity index is 2610. The van der Waals surface area contributed by atoms with Crippen LogP contribution in [0.3, 0.4) is 0 Å². The van der Waals surface area contributed by atoms with Crippen LogP contribution in [0, 0.1) is 47.1 Å². The number of nitriles is 1. The molecule has 4 atom stereocenters. The molecule has 17 nitrogen and oxygen atoms in total. The number of Topliss-reactive ketones (excluding diaryl/α,β-unsaturated/α-hetero) is 3. The molecule has 0 unspecified atom stereocenters. The van der Waals surface area contributed by atoms with Gasteiger partial charge >= 0.3 is 0 Å². The summed E-state index contributed by atoms with van der Waals surface area (Å²) in [5, 5.41) is 24.3. The highest BCUT2D eigenvalue weighted by molar-refractivity contribution is 6.02. The van der Waals surface area contributed by atoms with E-state index in [1.165, 1.54) is 11.9 Å². The summed E-state index contributed by atoms with van der Waals surface area (Å²) < 4.78 is 12.2. The Hall–Kier alpha value is -6.87. The van der Waals surface area contributed by atoms with Crippen LogP contribution in [0.5, 0.6) is 11.5 Å². The van der Waals surface area contributed by atoms with Crippen LogP contribution < -0.4 is 32.0 Å². The van der Waals surface area contributed by atoms with E-state index in [0.717, 1.165) is 5.56 Å². The second kappa shape index (κ2) is 23.4. The normalized spacial score (nSPS) is 16.6. The third-order valence-corrected chi connectivity index (χ3v) is 12.3. The zero-order valence-electron chi connectivity index (χ0n) is 40.6. The molecule has 0 aliphatic carbocycles. The van der Waals surface area contributed by atoms with Crippen molar-refractivity contribution in [3.8, 4) is 40.0 Å². The quantitative estimate of drug-likeness (QED) is 0.0494. The maximum absolute atomic E-state index is 14.9. The molecule has 5 rings (SSSR count). The zero-order chi connectivity index (χ0) is 50.7. The molecule has 0 fully saturated rings. The van der Waals surface area contributed by atoms with E-state index < -0.39 is 52.2 Å². The second-order valence-electron chi connectivity index (χ2n) is 18.6.